The topological polar surface area (TPSA) is 55.2 Å². The number of nitrogens with zero attached hydrogens (tertiary/aromatic N) is 3. The highest BCUT2D eigenvalue weighted by molar-refractivity contribution is 6.03. The predicted octanol–water partition coefficient (Wildman–Crippen LogP) is 1.68. The van der Waals surface area contributed by atoms with Gasteiger partial charge in [0.25, 0.3) is 0 Å². The van der Waals surface area contributed by atoms with Gasteiger partial charge in [0.15, 0.2) is 0 Å². The third kappa shape index (κ3) is 2.77. The molecule has 1 aliphatic heterocycles. The lowest BCUT2D eigenvalue weighted by Gasteiger charge is -2.15. The molecule has 0 aliphatic carbocycles. The largest absolute Gasteiger partial charge is 0.276 e. The minimum absolute atomic E-state index is 0.168. The number of aromatic nitrogens is 2. The van der Waals surface area contributed by atoms with Crippen molar-refractivity contribution in [1.29, 1.82) is 0 Å². The first-order chi connectivity index (χ1) is 10.5. The van der Waals surface area contributed by atoms with Crippen LogP contribution in [0.25, 0.3) is 0 Å². The molecule has 2 amide bonds. The Morgan fingerprint density at radius 2 is 1.95 bits per heavy atom. The molecule has 5 nitrogen and oxygen atoms in total. The summed E-state index contributed by atoms with van der Waals surface area (Å²) in [5.74, 6) is -1.02. The van der Waals surface area contributed by atoms with E-state index >= 15 is 0 Å². The number of imide groups is 1. The van der Waals surface area contributed by atoms with E-state index in [0.29, 0.717) is 6.42 Å². The number of benzene rings is 1. The van der Waals surface area contributed by atoms with Gasteiger partial charge >= 0.3 is 0 Å². The smallest absolute Gasteiger partial charge is 0.233 e. The van der Waals surface area contributed by atoms with Gasteiger partial charge in [-0.1, -0.05) is 12.1 Å². The van der Waals surface area contributed by atoms with Crippen molar-refractivity contribution >= 4 is 11.8 Å². The van der Waals surface area contributed by atoms with Crippen LogP contribution in [0, 0.1) is 11.7 Å². The van der Waals surface area contributed by atoms with Gasteiger partial charge in [0.05, 0.1) is 18.2 Å². The van der Waals surface area contributed by atoms with Crippen molar-refractivity contribution in [3.8, 4) is 0 Å². The van der Waals surface area contributed by atoms with Crippen LogP contribution in [0.5, 0.6) is 0 Å². The number of amides is 2. The van der Waals surface area contributed by atoms with Crippen LogP contribution in [-0.4, -0.2) is 26.5 Å². The lowest BCUT2D eigenvalue weighted by atomic mass is 9.98. The standard InChI is InChI=1S/C16H16FN3O2/c1-19-14(6-7-18-19)10-20-15(21)9-12(16(20)22)8-11-2-4-13(17)5-3-11/h2-7,12H,8-10H2,1H3/t12-/m0/s1. The van der Waals surface area contributed by atoms with Crippen molar-refractivity contribution in [2.45, 2.75) is 19.4 Å². The average molecular weight is 301 g/mol. The molecule has 6 heteroatoms. The minimum Gasteiger partial charge on any atom is -0.276 e. The Labute approximate surface area is 127 Å². The zero-order valence-corrected chi connectivity index (χ0v) is 12.2. The number of likely N-dealkylation sites (tertiary alicyclic amines) is 1. The van der Waals surface area contributed by atoms with Gasteiger partial charge < -0.3 is 0 Å². The van der Waals surface area contributed by atoms with Crippen LogP contribution in [-0.2, 0) is 29.6 Å². The zero-order chi connectivity index (χ0) is 15.7. The first kappa shape index (κ1) is 14.4. The van der Waals surface area contributed by atoms with E-state index in [1.165, 1.54) is 17.0 Å². The molecule has 0 saturated carbocycles. The minimum atomic E-state index is -0.369. The summed E-state index contributed by atoms with van der Waals surface area (Å²) in [5, 5.41) is 4.04. The quantitative estimate of drug-likeness (QED) is 0.807. The van der Waals surface area contributed by atoms with Crippen molar-refractivity contribution in [3.05, 3.63) is 53.6 Å². The van der Waals surface area contributed by atoms with Gasteiger partial charge in [-0.15, -0.1) is 0 Å². The van der Waals surface area contributed by atoms with Gasteiger partial charge in [0.2, 0.25) is 11.8 Å². The molecule has 114 valence electrons. The van der Waals surface area contributed by atoms with E-state index in [4.69, 9.17) is 0 Å². The van der Waals surface area contributed by atoms with Crippen molar-refractivity contribution in [2.75, 3.05) is 0 Å². The summed E-state index contributed by atoms with van der Waals surface area (Å²) in [5.41, 5.74) is 1.67. The molecule has 1 aromatic heterocycles. The van der Waals surface area contributed by atoms with E-state index in [0.717, 1.165) is 11.3 Å². The van der Waals surface area contributed by atoms with Gasteiger partial charge in [-0.3, -0.25) is 19.2 Å². The van der Waals surface area contributed by atoms with Gasteiger partial charge in [0, 0.05) is 19.7 Å². The van der Waals surface area contributed by atoms with Gasteiger partial charge in [-0.05, 0) is 30.2 Å². The Morgan fingerprint density at radius 3 is 2.59 bits per heavy atom. The number of hydrogen-bond donors (Lipinski definition) is 0. The molecule has 1 aromatic carbocycles. The second-order valence-corrected chi connectivity index (χ2v) is 5.50. The molecule has 22 heavy (non-hydrogen) atoms. The molecule has 0 bridgehead atoms. The maximum Gasteiger partial charge on any atom is 0.233 e. The molecule has 2 aromatic rings. The summed E-state index contributed by atoms with van der Waals surface area (Å²) >= 11 is 0. The molecule has 0 radical (unpaired) electrons. The maximum absolute atomic E-state index is 12.9. The molecular weight excluding hydrogens is 285 g/mol. The zero-order valence-electron chi connectivity index (χ0n) is 12.2. The summed E-state index contributed by atoms with van der Waals surface area (Å²) in [6, 6.07) is 7.82. The summed E-state index contributed by atoms with van der Waals surface area (Å²) in [7, 11) is 1.77. The van der Waals surface area contributed by atoms with E-state index in [2.05, 4.69) is 5.10 Å². The summed E-state index contributed by atoms with van der Waals surface area (Å²) in [6.45, 7) is 0.244. The lowest BCUT2D eigenvalue weighted by Crippen LogP contribution is -2.31. The summed E-state index contributed by atoms with van der Waals surface area (Å²) < 4.78 is 14.6. The van der Waals surface area contributed by atoms with Crippen LogP contribution >= 0.6 is 0 Å². The molecule has 1 saturated heterocycles. The number of carbonyl (C=O) groups excluding carboxylic acids is 2. The molecule has 0 spiro atoms. The number of hydrogen-bond acceptors (Lipinski definition) is 3. The second-order valence-electron chi connectivity index (χ2n) is 5.50. The molecule has 1 fully saturated rings. The average Bonchev–Trinajstić information content (AvgIpc) is 3.01. The van der Waals surface area contributed by atoms with Crippen molar-refractivity contribution in [1.82, 2.24) is 14.7 Å². The van der Waals surface area contributed by atoms with E-state index in [9.17, 15) is 14.0 Å². The van der Waals surface area contributed by atoms with Crippen molar-refractivity contribution < 1.29 is 14.0 Å². The van der Waals surface area contributed by atoms with Gasteiger partial charge in [0.1, 0.15) is 5.82 Å². The van der Waals surface area contributed by atoms with Crippen LogP contribution in [0.4, 0.5) is 4.39 Å². The Kier molecular flexibility index (Phi) is 3.75. The van der Waals surface area contributed by atoms with E-state index in [1.54, 1.807) is 36.1 Å². The Bertz CT molecular complexity index is 708. The number of carbonyl (C=O) groups is 2. The van der Waals surface area contributed by atoms with Crippen LogP contribution in [0.15, 0.2) is 36.5 Å². The van der Waals surface area contributed by atoms with Gasteiger partial charge in [-0.25, -0.2) is 4.39 Å². The first-order valence-electron chi connectivity index (χ1n) is 7.10. The molecule has 3 rings (SSSR count). The Hall–Kier alpha value is -2.50. The fourth-order valence-corrected chi connectivity index (χ4v) is 2.70. The normalized spacial score (nSPS) is 18.3. The highest BCUT2D eigenvalue weighted by Crippen LogP contribution is 2.25. The molecule has 1 atom stereocenters. The maximum atomic E-state index is 12.9. The van der Waals surface area contributed by atoms with Crippen LogP contribution in [0.2, 0.25) is 0 Å². The summed E-state index contributed by atoms with van der Waals surface area (Å²) in [6.07, 6.45) is 2.29. The van der Waals surface area contributed by atoms with Crippen molar-refractivity contribution in [3.63, 3.8) is 0 Å². The highest BCUT2D eigenvalue weighted by Gasteiger charge is 2.38. The number of aryl methyl sites for hydroxylation is 1. The van der Waals surface area contributed by atoms with Crippen molar-refractivity contribution in [2.24, 2.45) is 13.0 Å². The van der Waals surface area contributed by atoms with Crippen LogP contribution < -0.4 is 0 Å². The number of rotatable bonds is 4. The second kappa shape index (κ2) is 5.71. The fraction of sp³-hybridized carbons (Fsp3) is 0.312. The third-order valence-electron chi connectivity index (χ3n) is 3.98. The van der Waals surface area contributed by atoms with Gasteiger partial charge in [-0.2, -0.15) is 5.10 Å². The molecule has 0 N–H and O–H groups in total. The number of halogens is 1. The van der Waals surface area contributed by atoms with E-state index in [-0.39, 0.29) is 36.5 Å². The van der Waals surface area contributed by atoms with Crippen LogP contribution in [0.1, 0.15) is 17.7 Å². The summed E-state index contributed by atoms with van der Waals surface area (Å²) in [4.78, 5) is 25.8. The molecule has 2 heterocycles. The first-order valence-corrected chi connectivity index (χ1v) is 7.10. The Balaban J connectivity index is 1.71. The van der Waals surface area contributed by atoms with Crippen LogP contribution in [0.3, 0.4) is 0 Å². The predicted molar refractivity (Wildman–Crippen MR) is 77.0 cm³/mol. The Morgan fingerprint density at radius 1 is 1.23 bits per heavy atom. The highest BCUT2D eigenvalue weighted by atomic mass is 19.1. The molecule has 0 unspecified atom stereocenters. The van der Waals surface area contributed by atoms with E-state index in [1.807, 2.05) is 0 Å². The SMILES string of the molecule is Cn1nccc1CN1C(=O)C[C@H](Cc2ccc(F)cc2)C1=O. The fourth-order valence-electron chi connectivity index (χ4n) is 2.70. The molecular formula is C16H16FN3O2. The molecule has 1 aliphatic rings. The monoisotopic (exact) mass is 301 g/mol. The lowest BCUT2D eigenvalue weighted by molar-refractivity contribution is -0.140. The third-order valence-corrected chi connectivity index (χ3v) is 3.98. The van der Waals surface area contributed by atoms with E-state index < -0.39 is 0 Å².